The molecule has 6 nitrogen and oxygen atoms in total. The van der Waals surface area contributed by atoms with E-state index in [9.17, 15) is 9.59 Å². The quantitative estimate of drug-likeness (QED) is 0.433. The van der Waals surface area contributed by atoms with E-state index >= 15 is 0 Å². The fourth-order valence-electron chi connectivity index (χ4n) is 1.13. The number of carbonyl (C=O) groups is 2. The number of rotatable bonds is 11. The zero-order valence-corrected chi connectivity index (χ0v) is 11.2. The molecule has 0 aromatic carbocycles. The van der Waals surface area contributed by atoms with Crippen LogP contribution < -0.4 is 5.32 Å². The number of methoxy groups -OCH3 is 1. The summed E-state index contributed by atoms with van der Waals surface area (Å²) in [6.07, 6.45) is 1.25. The first kappa shape index (κ1) is 16.9. The van der Waals surface area contributed by atoms with Gasteiger partial charge in [-0.3, -0.25) is 9.59 Å². The van der Waals surface area contributed by atoms with Crippen LogP contribution in [-0.2, 0) is 23.8 Å². The highest BCUT2D eigenvalue weighted by atomic mass is 16.5. The Kier molecular flexibility index (Phi) is 11.5. The van der Waals surface area contributed by atoms with Crippen molar-refractivity contribution < 1.29 is 23.8 Å². The predicted molar refractivity (Wildman–Crippen MR) is 66.2 cm³/mol. The van der Waals surface area contributed by atoms with Crippen molar-refractivity contribution in [1.82, 2.24) is 5.32 Å². The average molecular weight is 261 g/mol. The van der Waals surface area contributed by atoms with E-state index in [2.05, 4.69) is 10.1 Å². The van der Waals surface area contributed by atoms with Gasteiger partial charge in [0.05, 0.1) is 33.4 Å². The summed E-state index contributed by atoms with van der Waals surface area (Å²) in [4.78, 5) is 22.0. The van der Waals surface area contributed by atoms with Gasteiger partial charge in [0.1, 0.15) is 0 Å². The molecule has 0 aromatic rings. The van der Waals surface area contributed by atoms with Crippen molar-refractivity contribution in [3.05, 3.63) is 0 Å². The van der Waals surface area contributed by atoms with E-state index in [1.165, 1.54) is 7.11 Å². The van der Waals surface area contributed by atoms with Gasteiger partial charge in [0.2, 0.25) is 5.91 Å². The molecule has 0 saturated carbocycles. The lowest BCUT2D eigenvalue weighted by Gasteiger charge is -2.06. The first-order valence-electron chi connectivity index (χ1n) is 6.19. The lowest BCUT2D eigenvalue weighted by molar-refractivity contribution is -0.142. The van der Waals surface area contributed by atoms with E-state index in [4.69, 9.17) is 9.47 Å². The van der Waals surface area contributed by atoms with E-state index < -0.39 is 0 Å². The van der Waals surface area contributed by atoms with Crippen LogP contribution in [0.15, 0.2) is 0 Å². The van der Waals surface area contributed by atoms with Crippen molar-refractivity contribution in [1.29, 1.82) is 0 Å². The molecule has 0 spiro atoms. The first-order chi connectivity index (χ1) is 8.70. The molecule has 0 radical (unpaired) electrons. The summed E-state index contributed by atoms with van der Waals surface area (Å²) in [6.45, 7) is 4.77. The SMILES string of the molecule is CCCOCCOCCNC(=O)CCC(=O)OC. The topological polar surface area (TPSA) is 73.9 Å². The number of hydrogen-bond acceptors (Lipinski definition) is 5. The minimum atomic E-state index is -0.380. The molecular formula is C12H23NO5. The molecule has 0 unspecified atom stereocenters. The maximum absolute atomic E-state index is 11.2. The van der Waals surface area contributed by atoms with Gasteiger partial charge in [-0.15, -0.1) is 0 Å². The zero-order chi connectivity index (χ0) is 13.6. The second kappa shape index (κ2) is 12.3. The Balaban J connectivity index is 3.22. The standard InChI is InChI=1S/C12H23NO5/c1-3-7-17-9-10-18-8-6-13-11(14)4-5-12(15)16-2/h3-10H2,1-2H3,(H,13,14). The summed E-state index contributed by atoms with van der Waals surface area (Å²) in [7, 11) is 1.30. The molecule has 0 bridgehead atoms. The number of carbonyl (C=O) groups excluding carboxylic acids is 2. The first-order valence-corrected chi connectivity index (χ1v) is 6.19. The van der Waals surface area contributed by atoms with Gasteiger partial charge < -0.3 is 19.5 Å². The Morgan fingerprint density at radius 3 is 2.28 bits per heavy atom. The Labute approximate surface area is 108 Å². The summed E-state index contributed by atoms with van der Waals surface area (Å²) in [5.74, 6) is -0.555. The highest BCUT2D eigenvalue weighted by molar-refractivity contribution is 5.81. The number of ether oxygens (including phenoxy) is 3. The summed E-state index contributed by atoms with van der Waals surface area (Å²) < 4.78 is 14.9. The third kappa shape index (κ3) is 11.3. The third-order valence-electron chi connectivity index (χ3n) is 2.07. The molecule has 18 heavy (non-hydrogen) atoms. The minimum Gasteiger partial charge on any atom is -0.469 e. The molecule has 0 saturated heterocycles. The molecule has 0 aliphatic heterocycles. The molecular weight excluding hydrogens is 238 g/mol. The summed E-state index contributed by atoms with van der Waals surface area (Å²) in [5.41, 5.74) is 0. The molecule has 0 aromatic heterocycles. The Morgan fingerprint density at radius 1 is 1.00 bits per heavy atom. The molecule has 0 aliphatic carbocycles. The van der Waals surface area contributed by atoms with Crippen molar-refractivity contribution in [2.75, 3.05) is 40.1 Å². The Morgan fingerprint density at radius 2 is 1.67 bits per heavy atom. The molecule has 0 atom stereocenters. The van der Waals surface area contributed by atoms with E-state index in [1.807, 2.05) is 6.92 Å². The van der Waals surface area contributed by atoms with Gasteiger partial charge in [-0.2, -0.15) is 0 Å². The molecule has 1 amide bonds. The van der Waals surface area contributed by atoms with Crippen molar-refractivity contribution in [3.8, 4) is 0 Å². The van der Waals surface area contributed by atoms with Gasteiger partial charge in [-0.1, -0.05) is 6.92 Å². The van der Waals surface area contributed by atoms with Gasteiger partial charge in [0.15, 0.2) is 0 Å². The smallest absolute Gasteiger partial charge is 0.306 e. The third-order valence-corrected chi connectivity index (χ3v) is 2.07. The lowest BCUT2D eigenvalue weighted by atomic mass is 10.3. The number of amides is 1. The van der Waals surface area contributed by atoms with Gasteiger partial charge in [0, 0.05) is 19.6 Å². The van der Waals surface area contributed by atoms with Gasteiger partial charge in [-0.05, 0) is 6.42 Å². The van der Waals surface area contributed by atoms with Crippen molar-refractivity contribution in [2.45, 2.75) is 26.2 Å². The van der Waals surface area contributed by atoms with Crippen LogP contribution in [0.3, 0.4) is 0 Å². The summed E-state index contributed by atoms with van der Waals surface area (Å²) >= 11 is 0. The fourth-order valence-corrected chi connectivity index (χ4v) is 1.13. The van der Waals surface area contributed by atoms with Crippen molar-refractivity contribution in [2.24, 2.45) is 0 Å². The van der Waals surface area contributed by atoms with Gasteiger partial charge >= 0.3 is 5.97 Å². The monoisotopic (exact) mass is 261 g/mol. The molecule has 106 valence electrons. The second-order valence-corrected chi connectivity index (χ2v) is 3.65. The van der Waals surface area contributed by atoms with Crippen LogP contribution in [0.1, 0.15) is 26.2 Å². The predicted octanol–water partition coefficient (Wildman–Crippen LogP) is 0.499. The molecule has 1 N–H and O–H groups in total. The van der Waals surface area contributed by atoms with Crippen LogP contribution in [0.4, 0.5) is 0 Å². The van der Waals surface area contributed by atoms with E-state index in [0.717, 1.165) is 13.0 Å². The number of nitrogens with one attached hydrogen (secondary N) is 1. The van der Waals surface area contributed by atoms with E-state index in [-0.39, 0.29) is 24.7 Å². The van der Waals surface area contributed by atoms with Crippen molar-refractivity contribution in [3.63, 3.8) is 0 Å². The average Bonchev–Trinajstić information content (AvgIpc) is 2.39. The van der Waals surface area contributed by atoms with E-state index in [0.29, 0.717) is 26.4 Å². The highest BCUT2D eigenvalue weighted by Gasteiger charge is 2.05. The number of esters is 1. The van der Waals surface area contributed by atoms with Gasteiger partial charge in [-0.25, -0.2) is 0 Å². The van der Waals surface area contributed by atoms with E-state index in [1.54, 1.807) is 0 Å². The Hall–Kier alpha value is -1.14. The highest BCUT2D eigenvalue weighted by Crippen LogP contribution is 1.91. The van der Waals surface area contributed by atoms with Crippen LogP contribution >= 0.6 is 0 Å². The zero-order valence-electron chi connectivity index (χ0n) is 11.2. The van der Waals surface area contributed by atoms with Gasteiger partial charge in [0.25, 0.3) is 0 Å². The second-order valence-electron chi connectivity index (χ2n) is 3.65. The largest absolute Gasteiger partial charge is 0.469 e. The van der Waals surface area contributed by atoms with Crippen LogP contribution in [0.25, 0.3) is 0 Å². The molecule has 0 aliphatic rings. The normalized spacial score (nSPS) is 10.1. The fraction of sp³-hybridized carbons (Fsp3) is 0.833. The minimum absolute atomic E-state index is 0.105. The maximum Gasteiger partial charge on any atom is 0.306 e. The molecule has 0 fully saturated rings. The maximum atomic E-state index is 11.2. The molecule has 6 heteroatoms. The molecule has 0 heterocycles. The van der Waals surface area contributed by atoms with Crippen LogP contribution in [0.5, 0.6) is 0 Å². The van der Waals surface area contributed by atoms with Crippen molar-refractivity contribution >= 4 is 11.9 Å². The lowest BCUT2D eigenvalue weighted by Crippen LogP contribution is -2.28. The van der Waals surface area contributed by atoms with Crippen LogP contribution in [-0.4, -0.2) is 52.0 Å². The van der Waals surface area contributed by atoms with Crippen LogP contribution in [0, 0.1) is 0 Å². The molecule has 0 rings (SSSR count). The Bertz CT molecular complexity index is 233. The summed E-state index contributed by atoms with van der Waals surface area (Å²) in [5, 5.41) is 2.65. The number of hydrogen-bond donors (Lipinski definition) is 1. The van der Waals surface area contributed by atoms with Crippen LogP contribution in [0.2, 0.25) is 0 Å². The summed E-state index contributed by atoms with van der Waals surface area (Å²) in [6, 6.07) is 0.